The molecule has 0 N–H and O–H groups in total. The highest BCUT2D eigenvalue weighted by atomic mass is 35.5. The largest absolute Gasteiger partial charge is 0.279 e. The van der Waals surface area contributed by atoms with Crippen molar-refractivity contribution in [2.24, 2.45) is 0 Å². The number of aromatic nitrogens is 2. The zero-order valence-electron chi connectivity index (χ0n) is 9.13. The molecule has 0 amide bonds. The summed E-state index contributed by atoms with van der Waals surface area (Å²) >= 11 is 7.35. The van der Waals surface area contributed by atoms with E-state index < -0.39 is 0 Å². The van der Waals surface area contributed by atoms with Gasteiger partial charge >= 0.3 is 0 Å². The third-order valence-electron chi connectivity index (χ3n) is 2.47. The molecule has 0 bridgehead atoms. The number of hydrogen-bond donors (Lipinski definition) is 0. The average molecular weight is 275 g/mol. The van der Waals surface area contributed by atoms with Gasteiger partial charge in [-0.15, -0.1) is 11.3 Å². The molecule has 0 saturated heterocycles. The molecule has 0 aliphatic rings. The van der Waals surface area contributed by atoms with Crippen molar-refractivity contribution in [2.75, 3.05) is 0 Å². The molecule has 2 aromatic heterocycles. The highest BCUT2D eigenvalue weighted by molar-refractivity contribution is 7.21. The van der Waals surface area contributed by atoms with E-state index in [2.05, 4.69) is 9.97 Å². The van der Waals surface area contributed by atoms with Crippen LogP contribution in [0.25, 0.3) is 20.8 Å². The lowest BCUT2D eigenvalue weighted by Gasteiger charge is -2.01. The van der Waals surface area contributed by atoms with Crippen LogP contribution < -0.4 is 5.56 Å². The fraction of sp³-hybridized carbons (Fsp3) is 0. The van der Waals surface area contributed by atoms with E-state index in [0.717, 1.165) is 4.70 Å². The van der Waals surface area contributed by atoms with Gasteiger partial charge in [0.25, 0.3) is 5.56 Å². The average Bonchev–Trinajstić information content (AvgIpc) is 2.39. The summed E-state index contributed by atoms with van der Waals surface area (Å²) in [6.07, 6.45) is 1.68. The van der Waals surface area contributed by atoms with Gasteiger partial charge in [0.1, 0.15) is 5.01 Å². The smallest absolute Gasteiger partial charge is 0.267 e. The van der Waals surface area contributed by atoms with Crippen LogP contribution in [0.1, 0.15) is 0 Å². The Kier molecular flexibility index (Phi) is 2.81. The van der Waals surface area contributed by atoms with E-state index in [1.165, 1.54) is 11.3 Å². The topological polar surface area (TPSA) is 42.9 Å². The van der Waals surface area contributed by atoms with E-state index in [1.54, 1.807) is 24.4 Å². The van der Waals surface area contributed by atoms with Crippen LogP contribution in [0, 0.1) is 0 Å². The van der Waals surface area contributed by atoms with Crippen LogP contribution in [0.15, 0.2) is 47.4 Å². The molecule has 0 aliphatic heterocycles. The zero-order chi connectivity index (χ0) is 12.5. The van der Waals surface area contributed by atoms with Crippen LogP contribution in [0.5, 0.6) is 0 Å². The summed E-state index contributed by atoms with van der Waals surface area (Å²) in [5, 5.41) is 1.80. The molecule has 3 nitrogen and oxygen atoms in total. The molecule has 0 unspecified atom stereocenters. The lowest BCUT2D eigenvalue weighted by Crippen LogP contribution is -2.06. The van der Waals surface area contributed by atoms with Crippen LogP contribution >= 0.6 is 22.9 Å². The molecule has 3 rings (SSSR count). The van der Waals surface area contributed by atoms with Crippen molar-refractivity contribution in [3.05, 3.63) is 58.0 Å². The number of nitrogens with zero attached hydrogens (tertiary/aromatic N) is 2. The first-order chi connectivity index (χ1) is 8.74. The van der Waals surface area contributed by atoms with Crippen LogP contribution in [-0.4, -0.2) is 9.97 Å². The highest BCUT2D eigenvalue weighted by Gasteiger charge is 2.07. The minimum Gasteiger partial charge on any atom is -0.267 e. The number of hydrogen-bond acceptors (Lipinski definition) is 4. The van der Waals surface area contributed by atoms with Gasteiger partial charge < -0.3 is 0 Å². The van der Waals surface area contributed by atoms with Crippen molar-refractivity contribution in [1.29, 1.82) is 0 Å². The lowest BCUT2D eigenvalue weighted by molar-refractivity contribution is 1.25. The molecule has 3 aromatic rings. The molecular formula is C13H7ClN2OS. The van der Waals surface area contributed by atoms with E-state index in [-0.39, 0.29) is 5.56 Å². The number of rotatable bonds is 1. The summed E-state index contributed by atoms with van der Waals surface area (Å²) in [6, 6.07) is 10.7. The van der Waals surface area contributed by atoms with Gasteiger partial charge in [-0.25, -0.2) is 0 Å². The van der Waals surface area contributed by atoms with Crippen LogP contribution in [0.3, 0.4) is 0 Å². The third-order valence-corrected chi connectivity index (χ3v) is 3.75. The Balaban J connectivity index is 2.30. The first kappa shape index (κ1) is 11.3. The molecule has 2 heterocycles. The SMILES string of the molecule is O=c1nc(-c2ccccn2)sc2cc(Cl)ccc12. The first-order valence-corrected chi connectivity index (χ1v) is 6.45. The van der Waals surface area contributed by atoms with Crippen molar-refractivity contribution < 1.29 is 0 Å². The molecular weight excluding hydrogens is 268 g/mol. The van der Waals surface area contributed by atoms with Gasteiger partial charge in [0.15, 0.2) is 0 Å². The molecule has 88 valence electrons. The van der Waals surface area contributed by atoms with Crippen LogP contribution in [0.4, 0.5) is 0 Å². The van der Waals surface area contributed by atoms with E-state index >= 15 is 0 Å². The maximum atomic E-state index is 11.9. The first-order valence-electron chi connectivity index (χ1n) is 5.26. The second kappa shape index (κ2) is 4.48. The van der Waals surface area contributed by atoms with Gasteiger partial charge in [-0.2, -0.15) is 4.98 Å². The third kappa shape index (κ3) is 2.00. The van der Waals surface area contributed by atoms with Crippen molar-refractivity contribution in [2.45, 2.75) is 0 Å². The van der Waals surface area contributed by atoms with E-state index in [4.69, 9.17) is 11.6 Å². The van der Waals surface area contributed by atoms with E-state index in [0.29, 0.717) is 21.1 Å². The number of benzene rings is 1. The van der Waals surface area contributed by atoms with Gasteiger partial charge in [-0.05, 0) is 30.3 Å². The molecule has 0 saturated carbocycles. The second-order valence-electron chi connectivity index (χ2n) is 3.68. The fourth-order valence-corrected chi connectivity index (χ4v) is 2.89. The minimum atomic E-state index is -0.249. The summed E-state index contributed by atoms with van der Waals surface area (Å²) < 4.78 is 0.822. The summed E-state index contributed by atoms with van der Waals surface area (Å²) in [5.41, 5.74) is 0.447. The van der Waals surface area contributed by atoms with Crippen LogP contribution in [-0.2, 0) is 0 Å². The number of halogens is 1. The molecule has 0 spiro atoms. The monoisotopic (exact) mass is 274 g/mol. The summed E-state index contributed by atoms with van der Waals surface area (Å²) in [4.78, 5) is 20.2. The Morgan fingerprint density at radius 1 is 1.17 bits per heavy atom. The van der Waals surface area contributed by atoms with Gasteiger partial charge in [0.05, 0.1) is 11.1 Å². The normalized spacial score (nSPS) is 10.7. The Bertz CT molecular complexity index is 771. The van der Waals surface area contributed by atoms with Crippen molar-refractivity contribution in [3.8, 4) is 10.7 Å². The van der Waals surface area contributed by atoms with E-state index in [1.807, 2.05) is 18.2 Å². The minimum absolute atomic E-state index is 0.249. The van der Waals surface area contributed by atoms with Gasteiger partial charge in [-0.1, -0.05) is 17.7 Å². The molecule has 1 aromatic carbocycles. The Morgan fingerprint density at radius 3 is 2.83 bits per heavy atom. The van der Waals surface area contributed by atoms with Crippen molar-refractivity contribution in [3.63, 3.8) is 0 Å². The Hall–Kier alpha value is -1.78. The quantitative estimate of drug-likeness (QED) is 0.683. The highest BCUT2D eigenvalue weighted by Crippen LogP contribution is 2.26. The predicted octanol–water partition coefficient (Wildman–Crippen LogP) is 3.37. The molecule has 5 heteroatoms. The van der Waals surface area contributed by atoms with Gasteiger partial charge in [0, 0.05) is 15.9 Å². The maximum absolute atomic E-state index is 11.9. The number of fused-ring (bicyclic) bond motifs is 1. The Labute approximate surface area is 112 Å². The lowest BCUT2D eigenvalue weighted by atomic mass is 10.3. The molecule has 18 heavy (non-hydrogen) atoms. The molecule has 0 atom stereocenters. The number of pyridine rings is 1. The van der Waals surface area contributed by atoms with Gasteiger partial charge in [0.2, 0.25) is 0 Å². The van der Waals surface area contributed by atoms with Crippen molar-refractivity contribution in [1.82, 2.24) is 9.97 Å². The summed E-state index contributed by atoms with van der Waals surface area (Å²) in [7, 11) is 0. The molecule has 0 aliphatic carbocycles. The van der Waals surface area contributed by atoms with Gasteiger partial charge in [-0.3, -0.25) is 9.78 Å². The second-order valence-corrected chi connectivity index (χ2v) is 5.15. The molecule has 0 fully saturated rings. The van der Waals surface area contributed by atoms with E-state index in [9.17, 15) is 4.79 Å². The summed E-state index contributed by atoms with van der Waals surface area (Å²) in [6.45, 7) is 0. The molecule has 0 radical (unpaired) electrons. The fourth-order valence-electron chi connectivity index (χ4n) is 1.64. The zero-order valence-corrected chi connectivity index (χ0v) is 10.7. The summed E-state index contributed by atoms with van der Waals surface area (Å²) in [5.74, 6) is 0. The standard InChI is InChI=1S/C13H7ClN2OS/c14-8-4-5-9-11(7-8)18-13(16-12(9)17)10-3-1-2-6-15-10/h1-7H. The van der Waals surface area contributed by atoms with Crippen LogP contribution in [0.2, 0.25) is 5.02 Å². The Morgan fingerprint density at radius 2 is 2.06 bits per heavy atom. The predicted molar refractivity (Wildman–Crippen MR) is 74.1 cm³/mol. The van der Waals surface area contributed by atoms with Crippen molar-refractivity contribution >= 4 is 33.0 Å². The maximum Gasteiger partial charge on any atom is 0.279 e.